The Hall–Kier alpha value is -4.58. The van der Waals surface area contributed by atoms with Crippen molar-refractivity contribution in [2.75, 3.05) is 0 Å². The summed E-state index contributed by atoms with van der Waals surface area (Å²) in [6.45, 7) is 0. The van der Waals surface area contributed by atoms with Crippen LogP contribution in [0.15, 0.2) is 93.8 Å². The zero-order chi connectivity index (χ0) is 21.3. The quantitative estimate of drug-likeness (QED) is 0.337. The minimum atomic E-state index is 0.359. The van der Waals surface area contributed by atoms with Crippen LogP contribution in [0.3, 0.4) is 0 Å². The zero-order valence-corrected chi connectivity index (χ0v) is 16.8. The Morgan fingerprint density at radius 2 is 0.906 bits per heavy atom. The monoisotopic (exact) mass is 416 g/mol. The molecule has 0 amide bonds. The first-order valence-electron chi connectivity index (χ1n) is 10.2. The Labute approximate surface area is 182 Å². The van der Waals surface area contributed by atoms with Crippen molar-refractivity contribution in [3.8, 4) is 22.9 Å². The molecule has 0 spiro atoms. The fraction of sp³-hybridized carbons (Fsp3) is 0. The topological polar surface area (TPSA) is 77.8 Å². The summed E-state index contributed by atoms with van der Waals surface area (Å²) in [6, 6.07) is 28.2. The first-order chi connectivity index (χ1) is 15.8. The number of benzene rings is 4. The lowest BCUT2D eigenvalue weighted by Crippen LogP contribution is -1.80. The van der Waals surface area contributed by atoms with E-state index in [1.165, 1.54) is 0 Å². The van der Waals surface area contributed by atoms with Crippen molar-refractivity contribution in [3.05, 3.63) is 96.7 Å². The Balaban J connectivity index is 1.28. The largest absolute Gasteiger partial charge is 0.417 e. The van der Waals surface area contributed by atoms with Crippen LogP contribution in [-0.4, -0.2) is 20.4 Å². The van der Waals surface area contributed by atoms with Crippen molar-refractivity contribution < 1.29 is 8.83 Å². The third-order valence-corrected chi connectivity index (χ3v) is 5.29. The first kappa shape index (κ1) is 18.2. The minimum Gasteiger partial charge on any atom is -0.417 e. The molecule has 0 aliphatic rings. The molecule has 0 bridgehead atoms. The Kier molecular flexibility index (Phi) is 4.32. The maximum Gasteiger partial charge on any atom is 0.248 e. The average Bonchev–Trinajstić information content (AvgIpc) is 3.52. The lowest BCUT2D eigenvalue weighted by atomic mass is 10.0. The molecule has 2 heterocycles. The number of aromatic nitrogens is 4. The summed E-state index contributed by atoms with van der Waals surface area (Å²) < 4.78 is 11.7. The second-order valence-electron chi connectivity index (χ2n) is 7.28. The molecule has 2 aromatic heterocycles. The fourth-order valence-electron chi connectivity index (χ4n) is 3.79. The van der Waals surface area contributed by atoms with Crippen LogP contribution < -0.4 is 0 Å². The summed E-state index contributed by atoms with van der Waals surface area (Å²) in [6.07, 6.45) is 3.34. The number of fused-ring (bicyclic) bond motifs is 2. The van der Waals surface area contributed by atoms with Crippen LogP contribution in [0, 0.1) is 0 Å². The summed E-state index contributed by atoms with van der Waals surface area (Å²) in [5, 5.41) is 21.0. The van der Waals surface area contributed by atoms with E-state index in [2.05, 4.69) is 44.7 Å². The lowest BCUT2D eigenvalue weighted by molar-refractivity contribution is 0.553. The van der Waals surface area contributed by atoms with Gasteiger partial charge in [-0.2, -0.15) is 0 Å². The Morgan fingerprint density at radius 1 is 0.469 bits per heavy atom. The van der Waals surface area contributed by atoms with Gasteiger partial charge >= 0.3 is 0 Å². The molecule has 0 N–H and O–H groups in total. The van der Waals surface area contributed by atoms with Crippen LogP contribution in [0.5, 0.6) is 0 Å². The fourth-order valence-corrected chi connectivity index (χ4v) is 3.79. The third-order valence-electron chi connectivity index (χ3n) is 5.29. The molecule has 152 valence electrons. The molecule has 0 fully saturated rings. The van der Waals surface area contributed by atoms with Crippen LogP contribution in [0.25, 0.3) is 56.6 Å². The van der Waals surface area contributed by atoms with Crippen molar-refractivity contribution >= 4 is 33.7 Å². The van der Waals surface area contributed by atoms with E-state index in [1.54, 1.807) is 12.2 Å². The highest BCUT2D eigenvalue weighted by molar-refractivity contribution is 5.95. The second-order valence-corrected chi connectivity index (χ2v) is 7.28. The molecule has 0 saturated carbocycles. The third kappa shape index (κ3) is 3.24. The van der Waals surface area contributed by atoms with Crippen molar-refractivity contribution in [2.24, 2.45) is 0 Å². The molecular weight excluding hydrogens is 400 g/mol. The second kappa shape index (κ2) is 7.59. The molecule has 0 saturated heterocycles. The van der Waals surface area contributed by atoms with E-state index in [0.29, 0.717) is 23.6 Å². The average molecular weight is 416 g/mol. The molecule has 6 heteroatoms. The van der Waals surface area contributed by atoms with E-state index in [4.69, 9.17) is 8.83 Å². The van der Waals surface area contributed by atoms with E-state index in [9.17, 15) is 0 Å². The molecule has 6 rings (SSSR count). The maximum atomic E-state index is 5.85. The van der Waals surface area contributed by atoms with E-state index < -0.39 is 0 Å². The standard InChI is InChI=1S/C26H16N4O2/c1-3-11-19-17(7-1)9-5-13-21(19)25-29-27-23(31-25)15-16-24-28-30-26(32-24)22-14-6-10-18-8-2-4-12-20(18)22/h1-16H/b16-15+. The molecule has 0 aliphatic heterocycles. The van der Waals surface area contributed by atoms with Crippen molar-refractivity contribution in [1.82, 2.24) is 20.4 Å². The van der Waals surface area contributed by atoms with E-state index >= 15 is 0 Å². The van der Waals surface area contributed by atoms with E-state index in [-0.39, 0.29) is 0 Å². The minimum absolute atomic E-state index is 0.359. The number of hydrogen-bond acceptors (Lipinski definition) is 6. The van der Waals surface area contributed by atoms with Gasteiger partial charge in [-0.25, -0.2) is 0 Å². The Bertz CT molecular complexity index is 1470. The van der Waals surface area contributed by atoms with E-state index in [0.717, 1.165) is 32.7 Å². The molecule has 0 unspecified atom stereocenters. The first-order valence-corrected chi connectivity index (χ1v) is 10.2. The molecule has 32 heavy (non-hydrogen) atoms. The van der Waals surface area contributed by atoms with Crippen molar-refractivity contribution in [1.29, 1.82) is 0 Å². The molecule has 6 nitrogen and oxygen atoms in total. The summed E-state index contributed by atoms with van der Waals surface area (Å²) >= 11 is 0. The predicted octanol–water partition coefficient (Wildman–Crippen LogP) is 6.26. The molecule has 4 aromatic carbocycles. The van der Waals surface area contributed by atoms with Crippen LogP contribution in [-0.2, 0) is 0 Å². The van der Waals surface area contributed by atoms with Gasteiger partial charge in [-0.1, -0.05) is 72.8 Å². The SMILES string of the molecule is C(=C\c1nnc(-c2cccc3ccccc23)o1)/c1nnc(-c2cccc3ccccc23)o1. The molecular formula is C26H16N4O2. The summed E-state index contributed by atoms with van der Waals surface area (Å²) in [5.74, 6) is 1.64. The van der Waals surface area contributed by atoms with Gasteiger partial charge in [0.2, 0.25) is 23.6 Å². The van der Waals surface area contributed by atoms with Crippen molar-refractivity contribution in [2.45, 2.75) is 0 Å². The van der Waals surface area contributed by atoms with E-state index in [1.807, 2.05) is 60.7 Å². The molecule has 0 aliphatic carbocycles. The molecule has 0 atom stereocenters. The van der Waals surface area contributed by atoms with Gasteiger partial charge in [-0.15, -0.1) is 20.4 Å². The van der Waals surface area contributed by atoms with Crippen LogP contribution in [0.2, 0.25) is 0 Å². The number of nitrogens with zero attached hydrogens (tertiary/aromatic N) is 4. The van der Waals surface area contributed by atoms with Gasteiger partial charge in [-0.3, -0.25) is 0 Å². The lowest BCUT2D eigenvalue weighted by Gasteiger charge is -2.01. The Morgan fingerprint density at radius 3 is 1.41 bits per heavy atom. The smallest absolute Gasteiger partial charge is 0.248 e. The number of rotatable bonds is 4. The highest BCUT2D eigenvalue weighted by Crippen LogP contribution is 2.29. The van der Waals surface area contributed by atoms with Crippen LogP contribution in [0.4, 0.5) is 0 Å². The van der Waals surface area contributed by atoms with Gasteiger partial charge in [0, 0.05) is 23.3 Å². The summed E-state index contributed by atoms with van der Waals surface area (Å²) in [4.78, 5) is 0. The summed E-state index contributed by atoms with van der Waals surface area (Å²) in [5.41, 5.74) is 1.79. The van der Waals surface area contributed by atoms with Gasteiger partial charge in [-0.05, 0) is 33.7 Å². The van der Waals surface area contributed by atoms with Gasteiger partial charge < -0.3 is 8.83 Å². The zero-order valence-electron chi connectivity index (χ0n) is 16.8. The highest BCUT2D eigenvalue weighted by Gasteiger charge is 2.12. The predicted molar refractivity (Wildman–Crippen MR) is 123 cm³/mol. The van der Waals surface area contributed by atoms with Crippen molar-refractivity contribution in [3.63, 3.8) is 0 Å². The van der Waals surface area contributed by atoms with Crippen LogP contribution >= 0.6 is 0 Å². The maximum absolute atomic E-state index is 5.85. The molecule has 0 radical (unpaired) electrons. The van der Waals surface area contributed by atoms with Gasteiger partial charge in [0.15, 0.2) is 0 Å². The van der Waals surface area contributed by atoms with Crippen LogP contribution in [0.1, 0.15) is 11.8 Å². The van der Waals surface area contributed by atoms with Gasteiger partial charge in [0.1, 0.15) is 0 Å². The summed E-state index contributed by atoms with van der Waals surface area (Å²) in [7, 11) is 0. The highest BCUT2D eigenvalue weighted by atomic mass is 16.4. The van der Waals surface area contributed by atoms with Gasteiger partial charge in [0.05, 0.1) is 0 Å². The molecule has 6 aromatic rings. The normalized spacial score (nSPS) is 11.6. The number of hydrogen-bond donors (Lipinski definition) is 0. The van der Waals surface area contributed by atoms with Gasteiger partial charge in [0.25, 0.3) is 0 Å².